The zero-order valence-corrected chi connectivity index (χ0v) is 18.5. The largest absolute Gasteiger partial charge is 0.338 e. The average Bonchev–Trinajstić information content (AvgIpc) is 3.37. The van der Waals surface area contributed by atoms with Crippen molar-refractivity contribution in [3.8, 4) is 0 Å². The van der Waals surface area contributed by atoms with Crippen molar-refractivity contribution in [3.63, 3.8) is 0 Å². The highest BCUT2D eigenvalue weighted by Gasteiger charge is 2.31. The first kappa shape index (κ1) is 21.3. The molecule has 5 heteroatoms. The summed E-state index contributed by atoms with van der Waals surface area (Å²) in [5.74, 6) is 0.0620. The first-order chi connectivity index (χ1) is 15.2. The molecule has 0 saturated carbocycles. The van der Waals surface area contributed by atoms with E-state index in [1.165, 1.54) is 16.9 Å². The van der Waals surface area contributed by atoms with Gasteiger partial charge in [-0.15, -0.1) is 11.3 Å². The number of amides is 2. The third kappa shape index (κ3) is 5.61. The summed E-state index contributed by atoms with van der Waals surface area (Å²) < 4.78 is 0. The lowest BCUT2D eigenvalue weighted by Gasteiger charge is -2.35. The Balaban J connectivity index is 1.46. The van der Waals surface area contributed by atoms with Gasteiger partial charge in [-0.25, -0.2) is 0 Å². The Hall–Kier alpha value is -2.92. The monoisotopic (exact) mass is 432 g/mol. The second kappa shape index (κ2) is 10.4. The Morgan fingerprint density at radius 2 is 1.65 bits per heavy atom. The number of nitrogens with zero attached hydrogens (tertiary/aromatic N) is 2. The van der Waals surface area contributed by atoms with Gasteiger partial charge in [0.25, 0.3) is 5.91 Å². The van der Waals surface area contributed by atoms with Gasteiger partial charge in [0.15, 0.2) is 0 Å². The van der Waals surface area contributed by atoms with E-state index in [1.54, 1.807) is 0 Å². The molecule has 1 fully saturated rings. The third-order valence-electron chi connectivity index (χ3n) is 5.83. The van der Waals surface area contributed by atoms with Crippen molar-refractivity contribution >= 4 is 23.2 Å². The number of rotatable bonds is 7. The summed E-state index contributed by atoms with van der Waals surface area (Å²) in [5, 5.41) is 1.92. The van der Waals surface area contributed by atoms with Gasteiger partial charge in [0.05, 0.1) is 10.8 Å². The molecule has 0 N–H and O–H groups in total. The van der Waals surface area contributed by atoms with Crippen LogP contribution in [0.1, 0.15) is 33.6 Å². The van der Waals surface area contributed by atoms with Crippen molar-refractivity contribution in [2.45, 2.75) is 25.8 Å². The van der Waals surface area contributed by atoms with Crippen molar-refractivity contribution in [3.05, 3.63) is 94.2 Å². The molecule has 1 unspecified atom stereocenters. The lowest BCUT2D eigenvalue weighted by atomic mass is 9.95. The molecule has 1 atom stereocenters. The minimum absolute atomic E-state index is 0.0476. The Bertz CT molecular complexity index is 973. The molecular formula is C26H28N2O2S. The lowest BCUT2D eigenvalue weighted by Crippen LogP contribution is -2.47. The van der Waals surface area contributed by atoms with Crippen molar-refractivity contribution < 1.29 is 9.59 Å². The van der Waals surface area contributed by atoms with Crippen LogP contribution >= 0.6 is 11.3 Å². The smallest absolute Gasteiger partial charge is 0.263 e. The summed E-state index contributed by atoms with van der Waals surface area (Å²) in [6.45, 7) is 2.50. The molecule has 0 radical (unpaired) electrons. The van der Waals surface area contributed by atoms with E-state index < -0.39 is 0 Å². The molecule has 2 amide bonds. The van der Waals surface area contributed by atoms with Gasteiger partial charge in [-0.2, -0.15) is 0 Å². The number of hydrogen-bond donors (Lipinski definition) is 0. The molecule has 4 rings (SSSR count). The van der Waals surface area contributed by atoms with Crippen LogP contribution in [0.3, 0.4) is 0 Å². The topological polar surface area (TPSA) is 40.6 Å². The molecule has 160 valence electrons. The Labute approximate surface area is 188 Å². The molecule has 31 heavy (non-hydrogen) atoms. The summed E-state index contributed by atoms with van der Waals surface area (Å²) in [6, 6.07) is 24.2. The summed E-state index contributed by atoms with van der Waals surface area (Å²) in [5.41, 5.74) is 2.36. The molecule has 2 aromatic carbocycles. The van der Waals surface area contributed by atoms with E-state index in [-0.39, 0.29) is 17.7 Å². The summed E-state index contributed by atoms with van der Waals surface area (Å²) in [7, 11) is 0. The molecule has 1 aliphatic heterocycles. The summed E-state index contributed by atoms with van der Waals surface area (Å²) in [6.07, 6.45) is 2.53. The minimum Gasteiger partial charge on any atom is -0.338 e. The van der Waals surface area contributed by atoms with E-state index in [9.17, 15) is 9.59 Å². The number of hydrogen-bond acceptors (Lipinski definition) is 3. The fourth-order valence-corrected chi connectivity index (χ4v) is 4.85. The van der Waals surface area contributed by atoms with Gasteiger partial charge in [-0.05, 0) is 41.8 Å². The van der Waals surface area contributed by atoms with E-state index >= 15 is 0 Å². The van der Waals surface area contributed by atoms with Crippen LogP contribution in [-0.4, -0.2) is 41.2 Å². The van der Waals surface area contributed by atoms with E-state index in [4.69, 9.17) is 0 Å². The number of thiophene rings is 1. The van der Waals surface area contributed by atoms with Gasteiger partial charge < -0.3 is 9.80 Å². The molecule has 0 bridgehead atoms. The van der Waals surface area contributed by atoms with Crippen LogP contribution in [0.4, 0.5) is 0 Å². The van der Waals surface area contributed by atoms with Crippen LogP contribution in [0.5, 0.6) is 0 Å². The fourth-order valence-electron chi connectivity index (χ4n) is 4.16. The molecule has 1 aromatic heterocycles. The van der Waals surface area contributed by atoms with E-state index in [1.807, 2.05) is 63.7 Å². The number of carbonyl (C=O) groups is 2. The SMILES string of the molecule is O=C(c1cccs1)N1CCCC(C(=O)N(CCc2ccccc2)Cc2ccccc2)C1. The zero-order valence-electron chi connectivity index (χ0n) is 17.7. The van der Waals surface area contributed by atoms with Crippen molar-refractivity contribution in [2.75, 3.05) is 19.6 Å². The highest BCUT2D eigenvalue weighted by molar-refractivity contribution is 7.12. The van der Waals surface area contributed by atoms with Gasteiger partial charge in [0, 0.05) is 26.2 Å². The van der Waals surface area contributed by atoms with Gasteiger partial charge in [0.1, 0.15) is 0 Å². The fraction of sp³-hybridized carbons (Fsp3) is 0.308. The molecule has 1 aliphatic rings. The van der Waals surface area contributed by atoms with Gasteiger partial charge >= 0.3 is 0 Å². The minimum atomic E-state index is -0.142. The molecule has 0 spiro atoms. The molecule has 0 aliphatic carbocycles. The predicted octanol–water partition coefficient (Wildman–Crippen LogP) is 4.87. The lowest BCUT2D eigenvalue weighted by molar-refractivity contribution is -0.137. The second-order valence-corrected chi connectivity index (χ2v) is 9.00. The Kier molecular flexibility index (Phi) is 7.15. The van der Waals surface area contributed by atoms with E-state index in [0.717, 1.165) is 36.2 Å². The third-order valence-corrected chi connectivity index (χ3v) is 6.69. The number of benzene rings is 2. The first-order valence-electron chi connectivity index (χ1n) is 10.9. The number of likely N-dealkylation sites (tertiary alicyclic amines) is 1. The van der Waals surface area contributed by atoms with E-state index in [2.05, 4.69) is 24.3 Å². The van der Waals surface area contributed by atoms with Gasteiger partial charge in [-0.1, -0.05) is 66.7 Å². The number of carbonyl (C=O) groups excluding carboxylic acids is 2. The quantitative estimate of drug-likeness (QED) is 0.534. The zero-order chi connectivity index (χ0) is 21.5. The standard InChI is InChI=1S/C26H28N2O2S/c29-25(23-13-7-16-27(20-23)26(30)24-14-8-18-31-24)28(19-22-11-5-2-6-12-22)17-15-21-9-3-1-4-10-21/h1-6,8-12,14,18,23H,7,13,15-17,19-20H2. The Morgan fingerprint density at radius 1 is 0.935 bits per heavy atom. The van der Waals surface area contributed by atoms with Crippen LogP contribution in [0, 0.1) is 5.92 Å². The van der Waals surface area contributed by atoms with Gasteiger partial charge in [0.2, 0.25) is 5.91 Å². The molecule has 3 aromatic rings. The normalized spacial score (nSPS) is 16.1. The molecule has 4 nitrogen and oxygen atoms in total. The van der Waals surface area contributed by atoms with E-state index in [0.29, 0.717) is 19.6 Å². The molecule has 2 heterocycles. The molecular weight excluding hydrogens is 404 g/mol. The maximum absolute atomic E-state index is 13.6. The average molecular weight is 433 g/mol. The van der Waals surface area contributed by atoms with Crippen LogP contribution in [-0.2, 0) is 17.8 Å². The maximum atomic E-state index is 13.6. The first-order valence-corrected chi connectivity index (χ1v) is 11.8. The molecule has 1 saturated heterocycles. The summed E-state index contributed by atoms with van der Waals surface area (Å²) >= 11 is 1.46. The van der Waals surface area contributed by atoms with Crippen LogP contribution < -0.4 is 0 Å². The van der Waals surface area contributed by atoms with Crippen molar-refractivity contribution in [1.82, 2.24) is 9.80 Å². The summed E-state index contributed by atoms with van der Waals surface area (Å²) in [4.78, 5) is 31.0. The van der Waals surface area contributed by atoms with Gasteiger partial charge in [-0.3, -0.25) is 9.59 Å². The highest BCUT2D eigenvalue weighted by Crippen LogP contribution is 2.23. The predicted molar refractivity (Wildman–Crippen MR) is 125 cm³/mol. The van der Waals surface area contributed by atoms with Crippen LogP contribution in [0.25, 0.3) is 0 Å². The van der Waals surface area contributed by atoms with Crippen LogP contribution in [0.15, 0.2) is 78.2 Å². The second-order valence-electron chi connectivity index (χ2n) is 8.05. The maximum Gasteiger partial charge on any atom is 0.263 e. The highest BCUT2D eigenvalue weighted by atomic mass is 32.1. The van der Waals surface area contributed by atoms with Crippen molar-refractivity contribution in [2.24, 2.45) is 5.92 Å². The number of piperidine rings is 1. The van der Waals surface area contributed by atoms with Crippen molar-refractivity contribution in [1.29, 1.82) is 0 Å². The van der Waals surface area contributed by atoms with Crippen LogP contribution in [0.2, 0.25) is 0 Å². The Morgan fingerprint density at radius 3 is 2.32 bits per heavy atom.